The fraction of sp³-hybridized carbons (Fsp3) is 0.776. The van der Waals surface area contributed by atoms with Gasteiger partial charge in [0, 0.05) is 19.3 Å². The molecule has 0 aromatic carbocycles. The summed E-state index contributed by atoms with van der Waals surface area (Å²) in [7, 11) is 0. The second-order valence-electron chi connectivity index (χ2n) is 20.9. The van der Waals surface area contributed by atoms with E-state index in [0.717, 1.165) is 89.9 Å². The monoisotopic (exact) mass is 1020 g/mol. The van der Waals surface area contributed by atoms with Crippen LogP contribution in [0.5, 0.6) is 0 Å². The molecule has 0 spiro atoms. The van der Waals surface area contributed by atoms with Gasteiger partial charge in [-0.3, -0.25) is 14.4 Å². The van der Waals surface area contributed by atoms with E-state index in [1.54, 1.807) is 0 Å². The first-order valence-corrected chi connectivity index (χ1v) is 31.4. The Balaban J connectivity index is 4.26. The Morgan fingerprint density at radius 3 is 0.863 bits per heavy atom. The van der Waals surface area contributed by atoms with Gasteiger partial charge in [-0.2, -0.15) is 0 Å². The van der Waals surface area contributed by atoms with Gasteiger partial charge >= 0.3 is 17.9 Å². The molecule has 0 aliphatic carbocycles. The summed E-state index contributed by atoms with van der Waals surface area (Å²) in [5.41, 5.74) is 0. The minimum Gasteiger partial charge on any atom is -0.462 e. The van der Waals surface area contributed by atoms with Crippen LogP contribution in [-0.4, -0.2) is 37.2 Å². The van der Waals surface area contributed by atoms with Crippen LogP contribution in [0.3, 0.4) is 0 Å². The van der Waals surface area contributed by atoms with Crippen LogP contribution in [0.4, 0.5) is 0 Å². The van der Waals surface area contributed by atoms with Crippen LogP contribution in [0.25, 0.3) is 0 Å². The zero-order valence-electron chi connectivity index (χ0n) is 48.4. The average molecular weight is 1020 g/mol. The van der Waals surface area contributed by atoms with Gasteiger partial charge in [0.1, 0.15) is 13.2 Å². The summed E-state index contributed by atoms with van der Waals surface area (Å²) in [5.74, 6) is -0.867. The van der Waals surface area contributed by atoms with Crippen molar-refractivity contribution in [2.45, 2.75) is 322 Å². The molecule has 0 N–H and O–H groups in total. The maximum atomic E-state index is 12.9. The Bertz CT molecular complexity index is 1360. The van der Waals surface area contributed by atoms with Crippen LogP contribution < -0.4 is 0 Å². The lowest BCUT2D eigenvalue weighted by Crippen LogP contribution is -2.30. The molecule has 0 saturated heterocycles. The SMILES string of the molecule is CC/C=C\C/C=C\C/C=C\C/C=C\CCCCCCCCCCCCCCC(=O)OCC(COC(=O)CCCCCCCCCCCCC)OC(=O)CCCCCCCCCCC/C=C\C/C=C\CCCCC. The van der Waals surface area contributed by atoms with E-state index >= 15 is 0 Å². The third kappa shape index (κ3) is 59.6. The minimum absolute atomic E-state index is 0.0740. The summed E-state index contributed by atoms with van der Waals surface area (Å²) >= 11 is 0. The van der Waals surface area contributed by atoms with Crippen molar-refractivity contribution in [2.75, 3.05) is 13.2 Å². The molecule has 0 aliphatic heterocycles. The molecule has 0 heterocycles. The lowest BCUT2D eigenvalue weighted by Gasteiger charge is -2.18. The first-order valence-electron chi connectivity index (χ1n) is 31.4. The Morgan fingerprint density at radius 1 is 0.288 bits per heavy atom. The summed E-state index contributed by atoms with van der Waals surface area (Å²) in [6.45, 7) is 6.53. The molecule has 0 rings (SSSR count). The van der Waals surface area contributed by atoms with Crippen LogP contribution in [0.15, 0.2) is 72.9 Å². The zero-order valence-corrected chi connectivity index (χ0v) is 48.4. The number of carbonyl (C=O) groups is 3. The Hall–Kier alpha value is -3.15. The van der Waals surface area contributed by atoms with Gasteiger partial charge in [-0.25, -0.2) is 0 Å². The third-order valence-electron chi connectivity index (χ3n) is 13.7. The van der Waals surface area contributed by atoms with Crippen molar-refractivity contribution >= 4 is 17.9 Å². The molecule has 0 fully saturated rings. The fourth-order valence-electron chi connectivity index (χ4n) is 9.00. The highest BCUT2D eigenvalue weighted by molar-refractivity contribution is 5.71. The first-order chi connectivity index (χ1) is 36.0. The van der Waals surface area contributed by atoms with E-state index in [2.05, 4.69) is 93.7 Å². The number of unbranched alkanes of at least 4 members (excludes halogenated alkanes) is 34. The molecule has 1 atom stereocenters. The van der Waals surface area contributed by atoms with Gasteiger partial charge < -0.3 is 14.2 Å². The van der Waals surface area contributed by atoms with Gasteiger partial charge in [0.2, 0.25) is 0 Å². The fourth-order valence-corrected chi connectivity index (χ4v) is 9.00. The summed E-state index contributed by atoms with van der Waals surface area (Å²) in [6.07, 6.45) is 79.0. The van der Waals surface area contributed by atoms with Crippen molar-refractivity contribution in [3.8, 4) is 0 Å². The van der Waals surface area contributed by atoms with Crippen LogP contribution in [0.2, 0.25) is 0 Å². The second kappa shape index (κ2) is 61.4. The lowest BCUT2D eigenvalue weighted by molar-refractivity contribution is -0.167. The number of hydrogen-bond donors (Lipinski definition) is 0. The summed E-state index contributed by atoms with van der Waals surface area (Å²) in [4.78, 5) is 38.2. The lowest BCUT2D eigenvalue weighted by atomic mass is 10.0. The largest absolute Gasteiger partial charge is 0.462 e. The van der Waals surface area contributed by atoms with E-state index in [4.69, 9.17) is 14.2 Å². The molecule has 73 heavy (non-hydrogen) atoms. The molecule has 6 nitrogen and oxygen atoms in total. The van der Waals surface area contributed by atoms with Crippen LogP contribution in [0.1, 0.15) is 316 Å². The third-order valence-corrected chi connectivity index (χ3v) is 13.7. The van der Waals surface area contributed by atoms with Crippen molar-refractivity contribution in [3.63, 3.8) is 0 Å². The quantitative estimate of drug-likeness (QED) is 0.0261. The van der Waals surface area contributed by atoms with Gasteiger partial charge in [-0.15, -0.1) is 0 Å². The van der Waals surface area contributed by atoms with E-state index in [1.165, 1.54) is 186 Å². The van der Waals surface area contributed by atoms with Gasteiger partial charge in [0.15, 0.2) is 6.10 Å². The van der Waals surface area contributed by atoms with Crippen molar-refractivity contribution in [1.82, 2.24) is 0 Å². The van der Waals surface area contributed by atoms with E-state index < -0.39 is 6.10 Å². The standard InChI is InChI=1S/C67H118O6/c1-4-7-10-13-16-19-22-24-26-28-30-31-32-33-34-35-37-38-40-42-45-48-51-54-57-60-66(69)72-63-64(62-71-65(68)59-56-53-50-47-44-21-18-15-12-9-6-3)73-67(70)61-58-55-52-49-46-43-41-39-36-29-27-25-23-20-17-14-11-8-5-2/h7,10,16-17,19-20,24-27,30-31,64H,4-6,8-9,11-15,18,21-23,28-29,32-63H2,1-3H3/b10-7-,19-16-,20-17-,26-24-,27-25-,31-30-. The Morgan fingerprint density at radius 2 is 0.534 bits per heavy atom. The minimum atomic E-state index is -0.776. The number of allylic oxidation sites excluding steroid dienone is 12. The highest BCUT2D eigenvalue weighted by atomic mass is 16.6. The molecule has 0 aliphatic rings. The number of carbonyl (C=O) groups excluding carboxylic acids is 3. The van der Waals surface area contributed by atoms with E-state index in [-0.39, 0.29) is 31.1 Å². The Labute approximate surface area is 453 Å². The molecule has 0 aromatic rings. The van der Waals surface area contributed by atoms with Gasteiger partial charge in [-0.05, 0) is 89.9 Å². The first kappa shape index (κ1) is 69.8. The van der Waals surface area contributed by atoms with E-state index in [1.807, 2.05) is 0 Å². The molecule has 6 heteroatoms. The normalized spacial score (nSPS) is 12.5. The average Bonchev–Trinajstić information content (AvgIpc) is 3.39. The smallest absolute Gasteiger partial charge is 0.306 e. The van der Waals surface area contributed by atoms with Crippen LogP contribution in [-0.2, 0) is 28.6 Å². The number of rotatable bonds is 57. The van der Waals surface area contributed by atoms with E-state index in [9.17, 15) is 14.4 Å². The van der Waals surface area contributed by atoms with Crippen LogP contribution in [0, 0.1) is 0 Å². The van der Waals surface area contributed by atoms with Crippen molar-refractivity contribution in [3.05, 3.63) is 72.9 Å². The number of esters is 3. The molecule has 0 saturated carbocycles. The predicted molar refractivity (Wildman–Crippen MR) is 316 cm³/mol. The molecule has 1 unspecified atom stereocenters. The predicted octanol–water partition coefficient (Wildman–Crippen LogP) is 21.3. The highest BCUT2D eigenvalue weighted by Gasteiger charge is 2.19. The zero-order chi connectivity index (χ0) is 52.9. The number of ether oxygens (including phenoxy) is 3. The molecule has 0 bridgehead atoms. The summed E-state index contributed by atoms with van der Waals surface area (Å²) in [6, 6.07) is 0. The second-order valence-corrected chi connectivity index (χ2v) is 20.9. The maximum Gasteiger partial charge on any atom is 0.306 e. The number of hydrogen-bond acceptors (Lipinski definition) is 6. The topological polar surface area (TPSA) is 78.9 Å². The molecule has 0 aromatic heterocycles. The van der Waals surface area contributed by atoms with E-state index in [0.29, 0.717) is 19.3 Å². The molecule has 422 valence electrons. The molecule has 0 amide bonds. The Kier molecular flexibility index (Phi) is 58.7. The molecular formula is C67H118O6. The summed E-state index contributed by atoms with van der Waals surface area (Å²) in [5, 5.41) is 0. The van der Waals surface area contributed by atoms with Gasteiger partial charge in [0.05, 0.1) is 0 Å². The van der Waals surface area contributed by atoms with Gasteiger partial charge in [-0.1, -0.05) is 280 Å². The highest BCUT2D eigenvalue weighted by Crippen LogP contribution is 2.17. The molecular weight excluding hydrogens is 901 g/mol. The van der Waals surface area contributed by atoms with Gasteiger partial charge in [0.25, 0.3) is 0 Å². The van der Waals surface area contributed by atoms with Crippen molar-refractivity contribution in [2.24, 2.45) is 0 Å². The molecule has 0 radical (unpaired) electrons. The van der Waals surface area contributed by atoms with Crippen molar-refractivity contribution in [1.29, 1.82) is 0 Å². The van der Waals surface area contributed by atoms with Crippen molar-refractivity contribution < 1.29 is 28.6 Å². The summed E-state index contributed by atoms with van der Waals surface area (Å²) < 4.78 is 16.9. The maximum absolute atomic E-state index is 12.9. The van der Waals surface area contributed by atoms with Crippen LogP contribution >= 0.6 is 0 Å².